The van der Waals surface area contributed by atoms with Gasteiger partial charge in [0.2, 0.25) is 0 Å². The molecule has 4 nitrogen and oxygen atoms in total. The Morgan fingerprint density at radius 1 is 0.875 bits per heavy atom. The SMILES string of the molecule is CCN(CC)CCOC(=O)CN(C1CCCCC1)C1CCCCC1. The Kier molecular flexibility index (Phi) is 9.11. The summed E-state index contributed by atoms with van der Waals surface area (Å²) in [6, 6.07) is 1.22. The van der Waals surface area contributed by atoms with Crippen LogP contribution in [0, 0.1) is 0 Å². The third-order valence-corrected chi connectivity index (χ3v) is 5.96. The quantitative estimate of drug-likeness (QED) is 0.598. The standard InChI is InChI=1S/C20H38N2O2/c1-3-21(4-2)15-16-24-20(23)17-22(18-11-7-5-8-12-18)19-13-9-6-10-14-19/h18-19H,3-17H2,1-2H3. The molecular weight excluding hydrogens is 300 g/mol. The van der Waals surface area contributed by atoms with Crippen molar-refractivity contribution in [3.8, 4) is 0 Å². The van der Waals surface area contributed by atoms with Crippen molar-refractivity contribution in [3.63, 3.8) is 0 Å². The van der Waals surface area contributed by atoms with Crippen LogP contribution in [0.5, 0.6) is 0 Å². The van der Waals surface area contributed by atoms with Crippen molar-refractivity contribution >= 4 is 5.97 Å². The molecule has 4 heteroatoms. The molecule has 2 saturated carbocycles. The number of esters is 1. The van der Waals surface area contributed by atoms with Crippen LogP contribution in [-0.4, -0.2) is 60.6 Å². The first-order chi connectivity index (χ1) is 11.7. The zero-order valence-corrected chi connectivity index (χ0v) is 16.0. The molecule has 2 aliphatic carbocycles. The Balaban J connectivity index is 1.83. The molecule has 0 spiro atoms. The molecule has 0 unspecified atom stereocenters. The van der Waals surface area contributed by atoms with Crippen LogP contribution in [0.15, 0.2) is 0 Å². The molecule has 24 heavy (non-hydrogen) atoms. The second-order valence-corrected chi connectivity index (χ2v) is 7.50. The van der Waals surface area contributed by atoms with E-state index in [0.29, 0.717) is 25.2 Å². The van der Waals surface area contributed by atoms with E-state index >= 15 is 0 Å². The number of carbonyl (C=O) groups is 1. The van der Waals surface area contributed by atoms with Gasteiger partial charge in [-0.15, -0.1) is 0 Å². The first-order valence-electron chi connectivity index (χ1n) is 10.4. The van der Waals surface area contributed by atoms with E-state index in [1.165, 1.54) is 64.2 Å². The zero-order valence-electron chi connectivity index (χ0n) is 16.0. The largest absolute Gasteiger partial charge is 0.463 e. The fraction of sp³-hybridized carbons (Fsp3) is 0.950. The lowest BCUT2D eigenvalue weighted by molar-refractivity contribution is -0.147. The molecule has 0 bridgehead atoms. The third kappa shape index (κ3) is 6.36. The van der Waals surface area contributed by atoms with Crippen molar-refractivity contribution in [3.05, 3.63) is 0 Å². The number of rotatable bonds is 9. The Labute approximate surface area is 148 Å². The molecule has 0 atom stereocenters. The molecule has 2 rings (SSSR count). The smallest absolute Gasteiger partial charge is 0.320 e. The maximum absolute atomic E-state index is 12.4. The normalized spacial score (nSPS) is 20.7. The summed E-state index contributed by atoms with van der Waals surface area (Å²) in [4.78, 5) is 17.2. The highest BCUT2D eigenvalue weighted by atomic mass is 16.5. The van der Waals surface area contributed by atoms with Crippen LogP contribution in [-0.2, 0) is 9.53 Å². The first kappa shape index (κ1) is 19.7. The predicted molar refractivity (Wildman–Crippen MR) is 99.2 cm³/mol. The average Bonchev–Trinajstić information content (AvgIpc) is 2.65. The molecule has 0 heterocycles. The van der Waals surface area contributed by atoms with Gasteiger partial charge in [-0.2, -0.15) is 0 Å². The number of likely N-dealkylation sites (N-methyl/N-ethyl adjacent to an activating group) is 1. The lowest BCUT2D eigenvalue weighted by Gasteiger charge is -2.41. The van der Waals surface area contributed by atoms with E-state index < -0.39 is 0 Å². The van der Waals surface area contributed by atoms with Crippen LogP contribution in [0.3, 0.4) is 0 Å². The van der Waals surface area contributed by atoms with Crippen LogP contribution in [0.1, 0.15) is 78.1 Å². The molecule has 0 radical (unpaired) electrons. The fourth-order valence-electron chi connectivity index (χ4n) is 4.40. The van der Waals surface area contributed by atoms with E-state index in [0.717, 1.165) is 19.6 Å². The molecule has 2 aliphatic rings. The van der Waals surface area contributed by atoms with E-state index in [1.807, 2.05) is 0 Å². The summed E-state index contributed by atoms with van der Waals surface area (Å²) in [5.41, 5.74) is 0. The molecule has 0 aromatic heterocycles. The summed E-state index contributed by atoms with van der Waals surface area (Å²) in [6.45, 7) is 8.23. The monoisotopic (exact) mass is 338 g/mol. The average molecular weight is 339 g/mol. The lowest BCUT2D eigenvalue weighted by atomic mass is 9.88. The van der Waals surface area contributed by atoms with Gasteiger partial charge < -0.3 is 9.64 Å². The Bertz CT molecular complexity index is 328. The summed E-state index contributed by atoms with van der Waals surface area (Å²) in [5.74, 6) is -0.0155. The van der Waals surface area contributed by atoms with Gasteiger partial charge in [0.15, 0.2) is 0 Å². The Morgan fingerprint density at radius 2 is 1.38 bits per heavy atom. The van der Waals surface area contributed by atoms with E-state index in [1.54, 1.807) is 0 Å². The van der Waals surface area contributed by atoms with E-state index in [-0.39, 0.29) is 5.97 Å². The summed E-state index contributed by atoms with van der Waals surface area (Å²) in [7, 11) is 0. The predicted octanol–water partition coefficient (Wildman–Crippen LogP) is 3.84. The first-order valence-corrected chi connectivity index (χ1v) is 10.4. The van der Waals surface area contributed by atoms with Crippen molar-refractivity contribution in [1.29, 1.82) is 0 Å². The maximum atomic E-state index is 12.4. The van der Waals surface area contributed by atoms with Crippen LogP contribution in [0.2, 0.25) is 0 Å². The molecule has 2 fully saturated rings. The number of hydrogen-bond donors (Lipinski definition) is 0. The highest BCUT2D eigenvalue weighted by Gasteiger charge is 2.30. The summed E-state index contributed by atoms with van der Waals surface area (Å²) >= 11 is 0. The van der Waals surface area contributed by atoms with Crippen LogP contribution in [0.4, 0.5) is 0 Å². The minimum atomic E-state index is -0.0155. The second kappa shape index (κ2) is 11.1. The zero-order chi connectivity index (χ0) is 17.2. The van der Waals surface area contributed by atoms with Crippen molar-refractivity contribution in [2.75, 3.05) is 32.8 Å². The van der Waals surface area contributed by atoms with Gasteiger partial charge >= 0.3 is 5.97 Å². The van der Waals surface area contributed by atoms with Gasteiger partial charge in [0.25, 0.3) is 0 Å². The summed E-state index contributed by atoms with van der Waals surface area (Å²) in [6.07, 6.45) is 13.1. The van der Waals surface area contributed by atoms with Gasteiger partial charge in [0.05, 0.1) is 6.54 Å². The van der Waals surface area contributed by atoms with Gasteiger partial charge in [-0.25, -0.2) is 0 Å². The van der Waals surface area contributed by atoms with Gasteiger partial charge in [0, 0.05) is 18.6 Å². The van der Waals surface area contributed by atoms with Crippen molar-refractivity contribution in [2.45, 2.75) is 90.1 Å². The van der Waals surface area contributed by atoms with Gasteiger partial charge in [-0.05, 0) is 38.8 Å². The molecule has 0 N–H and O–H groups in total. The number of carbonyl (C=O) groups excluding carboxylic acids is 1. The van der Waals surface area contributed by atoms with Gasteiger partial charge in [-0.3, -0.25) is 9.69 Å². The number of hydrogen-bond acceptors (Lipinski definition) is 4. The molecular formula is C20H38N2O2. The van der Waals surface area contributed by atoms with Crippen molar-refractivity contribution in [1.82, 2.24) is 9.80 Å². The molecule has 140 valence electrons. The molecule has 0 amide bonds. The van der Waals surface area contributed by atoms with Crippen LogP contribution >= 0.6 is 0 Å². The molecule has 0 saturated heterocycles. The van der Waals surface area contributed by atoms with E-state index in [2.05, 4.69) is 23.6 Å². The van der Waals surface area contributed by atoms with Crippen LogP contribution in [0.25, 0.3) is 0 Å². The third-order valence-electron chi connectivity index (χ3n) is 5.96. The Hall–Kier alpha value is -0.610. The molecule has 0 aromatic carbocycles. The minimum Gasteiger partial charge on any atom is -0.463 e. The number of ether oxygens (including phenoxy) is 1. The summed E-state index contributed by atoms with van der Waals surface area (Å²) in [5, 5.41) is 0. The fourth-order valence-corrected chi connectivity index (χ4v) is 4.40. The van der Waals surface area contributed by atoms with E-state index in [9.17, 15) is 4.79 Å². The second-order valence-electron chi connectivity index (χ2n) is 7.50. The van der Waals surface area contributed by atoms with Crippen molar-refractivity contribution in [2.24, 2.45) is 0 Å². The highest BCUT2D eigenvalue weighted by Crippen LogP contribution is 2.30. The highest BCUT2D eigenvalue weighted by molar-refractivity contribution is 5.71. The minimum absolute atomic E-state index is 0.0155. The number of nitrogens with zero attached hydrogens (tertiary/aromatic N) is 2. The lowest BCUT2D eigenvalue weighted by Crippen LogP contribution is -2.48. The van der Waals surface area contributed by atoms with Crippen molar-refractivity contribution < 1.29 is 9.53 Å². The molecule has 0 aromatic rings. The molecule has 0 aliphatic heterocycles. The van der Waals surface area contributed by atoms with E-state index in [4.69, 9.17) is 4.74 Å². The van der Waals surface area contributed by atoms with Crippen LogP contribution < -0.4 is 0 Å². The van der Waals surface area contributed by atoms with Gasteiger partial charge in [-0.1, -0.05) is 52.4 Å². The van der Waals surface area contributed by atoms with Gasteiger partial charge in [0.1, 0.15) is 6.61 Å². The summed E-state index contributed by atoms with van der Waals surface area (Å²) < 4.78 is 5.57. The maximum Gasteiger partial charge on any atom is 0.320 e. The topological polar surface area (TPSA) is 32.8 Å². The Morgan fingerprint density at radius 3 is 1.83 bits per heavy atom.